The number of furan rings is 1. The maximum absolute atomic E-state index is 5.75. The van der Waals surface area contributed by atoms with Crippen molar-refractivity contribution in [3.63, 3.8) is 0 Å². The normalized spacial score (nSPS) is 23.2. The zero-order valence-electron chi connectivity index (χ0n) is 11.5. The average Bonchev–Trinajstić information content (AvgIpc) is 2.97. The molecule has 1 aliphatic rings. The van der Waals surface area contributed by atoms with Crippen LogP contribution in [0.5, 0.6) is 5.75 Å². The van der Waals surface area contributed by atoms with Crippen molar-refractivity contribution in [2.24, 2.45) is 0 Å². The van der Waals surface area contributed by atoms with Crippen molar-refractivity contribution in [1.82, 2.24) is 5.32 Å². The summed E-state index contributed by atoms with van der Waals surface area (Å²) in [4.78, 5) is 0. The molecule has 0 bridgehead atoms. The molecule has 2 heterocycles. The van der Waals surface area contributed by atoms with Crippen molar-refractivity contribution in [3.8, 4) is 5.75 Å². The summed E-state index contributed by atoms with van der Waals surface area (Å²) in [5.41, 5.74) is 2.07. The Morgan fingerprint density at radius 3 is 2.84 bits per heavy atom. The molecule has 4 heteroatoms. The van der Waals surface area contributed by atoms with E-state index >= 15 is 0 Å². The first kappa shape index (κ1) is 13.0. The van der Waals surface area contributed by atoms with E-state index in [-0.39, 0.29) is 5.54 Å². The van der Waals surface area contributed by atoms with Crippen LogP contribution in [0.1, 0.15) is 31.1 Å². The first-order chi connectivity index (χ1) is 9.05. The number of benzene rings is 1. The molecule has 19 heavy (non-hydrogen) atoms. The third kappa shape index (κ3) is 1.98. The zero-order chi connectivity index (χ0) is 13.6. The lowest BCUT2D eigenvalue weighted by atomic mass is 9.89. The third-order valence-corrected chi connectivity index (χ3v) is 4.86. The Morgan fingerprint density at radius 2 is 2.21 bits per heavy atom. The second kappa shape index (κ2) is 4.53. The van der Waals surface area contributed by atoms with Crippen LogP contribution in [0.3, 0.4) is 0 Å². The van der Waals surface area contributed by atoms with E-state index in [1.54, 1.807) is 7.11 Å². The minimum atomic E-state index is 0.00543. The van der Waals surface area contributed by atoms with Crippen LogP contribution in [0.15, 0.2) is 21.0 Å². The number of aryl methyl sites for hydroxylation is 1. The molecule has 0 radical (unpaired) electrons. The molecular weight excluding hydrogens is 306 g/mol. The maximum Gasteiger partial charge on any atom is 0.177 e. The Kier molecular flexibility index (Phi) is 3.10. The molecule has 1 aliphatic heterocycles. The van der Waals surface area contributed by atoms with Crippen LogP contribution in [0, 0.1) is 6.92 Å². The first-order valence-electron chi connectivity index (χ1n) is 6.57. The number of hydrogen-bond acceptors (Lipinski definition) is 3. The van der Waals surface area contributed by atoms with Crippen molar-refractivity contribution in [2.75, 3.05) is 13.7 Å². The van der Waals surface area contributed by atoms with Gasteiger partial charge in [0.2, 0.25) is 0 Å². The molecule has 1 N–H and O–H groups in total. The Hall–Kier alpha value is -1.00. The summed E-state index contributed by atoms with van der Waals surface area (Å²) >= 11 is 3.75. The van der Waals surface area contributed by atoms with Crippen molar-refractivity contribution >= 4 is 26.9 Å². The van der Waals surface area contributed by atoms with Crippen LogP contribution in [0.25, 0.3) is 11.0 Å². The first-order valence-corrected chi connectivity index (χ1v) is 7.36. The zero-order valence-corrected chi connectivity index (χ0v) is 13.1. The monoisotopic (exact) mass is 323 g/mol. The highest BCUT2D eigenvalue weighted by atomic mass is 79.9. The minimum Gasteiger partial charge on any atom is -0.493 e. The van der Waals surface area contributed by atoms with Crippen LogP contribution in [0.2, 0.25) is 0 Å². The van der Waals surface area contributed by atoms with Gasteiger partial charge < -0.3 is 14.5 Å². The number of nitrogens with one attached hydrogen (secondary N) is 1. The highest BCUT2D eigenvalue weighted by molar-refractivity contribution is 9.10. The fraction of sp³-hybridized carbons (Fsp3) is 0.467. The van der Waals surface area contributed by atoms with Gasteiger partial charge in [0, 0.05) is 15.4 Å². The van der Waals surface area contributed by atoms with Gasteiger partial charge in [-0.1, -0.05) is 0 Å². The number of halogens is 1. The predicted molar refractivity (Wildman–Crippen MR) is 79.8 cm³/mol. The fourth-order valence-corrected chi connectivity index (χ4v) is 3.79. The summed E-state index contributed by atoms with van der Waals surface area (Å²) in [6.45, 7) is 5.27. The van der Waals surface area contributed by atoms with E-state index in [1.165, 1.54) is 12.0 Å². The van der Waals surface area contributed by atoms with Gasteiger partial charge in [-0.05, 0) is 66.9 Å². The maximum atomic E-state index is 5.75. The standard InChI is InChI=1S/C15H18BrNO2/c1-9-7-10-13(16)11(15(2)5-4-6-17-15)8-12(18-3)14(10)19-9/h7-8,17H,4-6H2,1-3H3. The Morgan fingerprint density at radius 1 is 1.42 bits per heavy atom. The van der Waals surface area contributed by atoms with Crippen LogP contribution in [-0.2, 0) is 5.54 Å². The minimum absolute atomic E-state index is 0.00543. The van der Waals surface area contributed by atoms with Crippen molar-refractivity contribution < 1.29 is 9.15 Å². The van der Waals surface area contributed by atoms with Crippen molar-refractivity contribution in [2.45, 2.75) is 32.2 Å². The number of rotatable bonds is 2. The van der Waals surface area contributed by atoms with Gasteiger partial charge in [0.25, 0.3) is 0 Å². The molecule has 3 nitrogen and oxygen atoms in total. The molecule has 0 spiro atoms. The SMILES string of the molecule is COc1cc(C2(C)CCCN2)c(Br)c2cc(C)oc12. The largest absolute Gasteiger partial charge is 0.493 e. The molecule has 1 fully saturated rings. The van der Waals surface area contributed by atoms with E-state index in [0.717, 1.165) is 39.9 Å². The molecule has 3 rings (SSSR count). The third-order valence-electron chi connectivity index (χ3n) is 4.01. The second-order valence-electron chi connectivity index (χ2n) is 5.40. The summed E-state index contributed by atoms with van der Waals surface area (Å²) in [5, 5.41) is 4.68. The van der Waals surface area contributed by atoms with Gasteiger partial charge in [-0.25, -0.2) is 0 Å². The van der Waals surface area contributed by atoms with Crippen LogP contribution < -0.4 is 10.1 Å². The van der Waals surface area contributed by atoms with Gasteiger partial charge in [-0.3, -0.25) is 0 Å². The van der Waals surface area contributed by atoms with E-state index in [9.17, 15) is 0 Å². The van der Waals surface area contributed by atoms with E-state index in [4.69, 9.17) is 9.15 Å². The highest BCUT2D eigenvalue weighted by Gasteiger charge is 2.33. The quantitative estimate of drug-likeness (QED) is 0.903. The Balaban J connectivity index is 2.28. The Bertz CT molecular complexity index is 627. The average molecular weight is 324 g/mol. The molecule has 1 saturated heterocycles. The lowest BCUT2D eigenvalue weighted by Crippen LogP contribution is -2.33. The smallest absolute Gasteiger partial charge is 0.177 e. The van der Waals surface area contributed by atoms with Gasteiger partial charge in [0.05, 0.1) is 7.11 Å². The van der Waals surface area contributed by atoms with Gasteiger partial charge in [0.1, 0.15) is 5.76 Å². The van der Waals surface area contributed by atoms with Gasteiger partial charge in [-0.15, -0.1) is 0 Å². The summed E-state index contributed by atoms with van der Waals surface area (Å²) in [6.07, 6.45) is 2.34. The predicted octanol–water partition coefficient (Wildman–Crippen LogP) is 4.11. The van der Waals surface area contributed by atoms with Crippen molar-refractivity contribution in [1.29, 1.82) is 0 Å². The number of methoxy groups -OCH3 is 1. The molecule has 102 valence electrons. The molecule has 1 aromatic heterocycles. The topological polar surface area (TPSA) is 34.4 Å². The fourth-order valence-electron chi connectivity index (χ4n) is 2.94. The molecule has 1 aromatic carbocycles. The lowest BCUT2D eigenvalue weighted by molar-refractivity contribution is 0.399. The summed E-state index contributed by atoms with van der Waals surface area (Å²) < 4.78 is 12.4. The van der Waals surface area contributed by atoms with Gasteiger partial charge in [-0.2, -0.15) is 0 Å². The van der Waals surface area contributed by atoms with E-state index in [1.807, 2.05) is 6.92 Å². The van der Waals surface area contributed by atoms with Gasteiger partial charge >= 0.3 is 0 Å². The number of hydrogen-bond donors (Lipinski definition) is 1. The molecule has 0 amide bonds. The highest BCUT2D eigenvalue weighted by Crippen LogP contribution is 2.43. The Labute approximate surface area is 121 Å². The molecule has 0 aliphatic carbocycles. The molecule has 1 atom stereocenters. The van der Waals surface area contributed by atoms with Crippen molar-refractivity contribution in [3.05, 3.63) is 27.9 Å². The molecular formula is C15H18BrNO2. The van der Waals surface area contributed by atoms with Crippen LogP contribution >= 0.6 is 15.9 Å². The van der Waals surface area contributed by atoms with Crippen LogP contribution in [0.4, 0.5) is 0 Å². The molecule has 2 aromatic rings. The van der Waals surface area contributed by atoms with E-state index in [2.05, 4.69) is 40.3 Å². The van der Waals surface area contributed by atoms with E-state index < -0.39 is 0 Å². The second-order valence-corrected chi connectivity index (χ2v) is 6.20. The summed E-state index contributed by atoms with van der Waals surface area (Å²) in [5.74, 6) is 1.70. The number of fused-ring (bicyclic) bond motifs is 1. The van der Waals surface area contributed by atoms with E-state index in [0.29, 0.717) is 0 Å². The summed E-state index contributed by atoms with van der Waals surface area (Å²) in [7, 11) is 1.69. The molecule has 1 unspecified atom stereocenters. The molecule has 0 saturated carbocycles. The van der Waals surface area contributed by atoms with Gasteiger partial charge in [0.15, 0.2) is 11.3 Å². The summed E-state index contributed by atoms with van der Waals surface area (Å²) in [6, 6.07) is 4.15. The van der Waals surface area contributed by atoms with Crippen LogP contribution in [-0.4, -0.2) is 13.7 Å². The number of ether oxygens (including phenoxy) is 1. The lowest BCUT2D eigenvalue weighted by Gasteiger charge is -2.27.